The molecule has 0 nitrogen and oxygen atoms in total. The van der Waals surface area contributed by atoms with E-state index in [0.29, 0.717) is 10.0 Å². The molecule has 2 aromatic rings. The monoisotopic (exact) mass is 280 g/mol. The van der Waals surface area contributed by atoms with Crippen molar-refractivity contribution in [3.63, 3.8) is 0 Å². The molecule has 1 aromatic carbocycles. The second-order valence-electron chi connectivity index (χ2n) is 2.33. The molecule has 0 aliphatic heterocycles. The van der Waals surface area contributed by atoms with Crippen LogP contribution in [-0.4, -0.2) is 0 Å². The third-order valence-electron chi connectivity index (χ3n) is 1.58. The van der Waals surface area contributed by atoms with E-state index in [2.05, 4.69) is 15.9 Å². The van der Waals surface area contributed by atoms with E-state index in [1.807, 2.05) is 17.5 Å². The molecule has 12 heavy (non-hydrogen) atoms. The van der Waals surface area contributed by atoms with Crippen LogP contribution in [0, 0.1) is 0 Å². The number of fused-ring (bicyclic) bond motifs is 1. The molecule has 0 spiro atoms. The van der Waals surface area contributed by atoms with Gasteiger partial charge in [0.05, 0.1) is 14.7 Å². The first-order valence-electron chi connectivity index (χ1n) is 3.21. The Morgan fingerprint density at radius 2 is 2.00 bits per heavy atom. The van der Waals surface area contributed by atoms with E-state index in [0.717, 1.165) is 14.6 Å². The van der Waals surface area contributed by atoms with Gasteiger partial charge >= 0.3 is 0 Å². The summed E-state index contributed by atoms with van der Waals surface area (Å²) in [5, 5.41) is 4.35. The molecule has 0 saturated carbocycles. The minimum Gasteiger partial charge on any atom is -0.142 e. The van der Waals surface area contributed by atoms with Crippen molar-refractivity contribution in [1.29, 1.82) is 0 Å². The summed E-state index contributed by atoms with van der Waals surface area (Å²) in [6.07, 6.45) is 0. The van der Waals surface area contributed by atoms with Gasteiger partial charge in [0.25, 0.3) is 0 Å². The van der Waals surface area contributed by atoms with Gasteiger partial charge in [-0.05, 0) is 38.8 Å². The normalized spacial score (nSPS) is 10.9. The Kier molecular flexibility index (Phi) is 2.34. The average Bonchev–Trinajstić information content (AvgIpc) is 2.48. The summed E-state index contributed by atoms with van der Waals surface area (Å²) in [6.45, 7) is 0. The van der Waals surface area contributed by atoms with E-state index >= 15 is 0 Å². The number of halogens is 3. The van der Waals surface area contributed by atoms with E-state index in [1.165, 1.54) is 0 Å². The molecule has 0 unspecified atom stereocenters. The van der Waals surface area contributed by atoms with Crippen LogP contribution in [0.15, 0.2) is 22.0 Å². The van der Waals surface area contributed by atoms with E-state index in [-0.39, 0.29) is 0 Å². The molecule has 0 aliphatic carbocycles. The third-order valence-corrected chi connectivity index (χ3v) is 4.36. The van der Waals surface area contributed by atoms with E-state index in [1.54, 1.807) is 11.3 Å². The Hall–Kier alpha value is 0.240. The van der Waals surface area contributed by atoms with Gasteiger partial charge < -0.3 is 0 Å². The minimum absolute atomic E-state index is 0.589. The Bertz CT molecular complexity index is 436. The molecule has 0 N–H and O–H groups in total. The predicted octanol–water partition coefficient (Wildman–Crippen LogP) is 4.97. The summed E-state index contributed by atoms with van der Waals surface area (Å²) in [5.74, 6) is 0. The maximum atomic E-state index is 6.02. The second-order valence-corrected chi connectivity index (χ2v) is 4.85. The largest absolute Gasteiger partial charge is 0.142 e. The number of hydrogen-bond donors (Lipinski definition) is 0. The third kappa shape index (κ3) is 1.27. The number of rotatable bonds is 0. The second kappa shape index (κ2) is 3.18. The van der Waals surface area contributed by atoms with Crippen molar-refractivity contribution < 1.29 is 0 Å². The van der Waals surface area contributed by atoms with E-state index in [4.69, 9.17) is 23.2 Å². The maximum Gasteiger partial charge on any atom is 0.0781 e. The first kappa shape index (κ1) is 8.82. The molecule has 0 saturated heterocycles. The first-order chi connectivity index (χ1) is 5.70. The van der Waals surface area contributed by atoms with Gasteiger partial charge in [0.2, 0.25) is 0 Å². The van der Waals surface area contributed by atoms with E-state index in [9.17, 15) is 0 Å². The van der Waals surface area contributed by atoms with Crippen molar-refractivity contribution in [2.75, 3.05) is 0 Å². The van der Waals surface area contributed by atoms with Crippen LogP contribution >= 0.6 is 50.5 Å². The van der Waals surface area contributed by atoms with Crippen LogP contribution in [0.25, 0.3) is 10.1 Å². The smallest absolute Gasteiger partial charge is 0.0781 e. The lowest BCUT2D eigenvalue weighted by Gasteiger charge is -1.99. The molecule has 2 rings (SSSR count). The Morgan fingerprint density at radius 1 is 1.25 bits per heavy atom. The number of hydrogen-bond acceptors (Lipinski definition) is 1. The fourth-order valence-electron chi connectivity index (χ4n) is 1.02. The zero-order chi connectivity index (χ0) is 8.72. The van der Waals surface area contributed by atoms with Crippen LogP contribution < -0.4 is 0 Å². The van der Waals surface area contributed by atoms with Gasteiger partial charge in [-0.2, -0.15) is 0 Å². The zero-order valence-corrected chi connectivity index (χ0v) is 9.69. The van der Waals surface area contributed by atoms with Crippen LogP contribution in [0.4, 0.5) is 0 Å². The van der Waals surface area contributed by atoms with Crippen LogP contribution in [0.2, 0.25) is 10.0 Å². The van der Waals surface area contributed by atoms with Crippen LogP contribution in [0.5, 0.6) is 0 Å². The summed E-state index contributed by atoms with van der Waals surface area (Å²) in [4.78, 5) is 0. The quantitative estimate of drug-likeness (QED) is 0.598. The Labute approximate surface area is 92.2 Å². The summed E-state index contributed by atoms with van der Waals surface area (Å²) < 4.78 is 1.89. The van der Waals surface area contributed by atoms with Gasteiger partial charge in [-0.25, -0.2) is 0 Å². The van der Waals surface area contributed by atoms with E-state index < -0.39 is 0 Å². The van der Waals surface area contributed by atoms with Gasteiger partial charge in [-0.15, -0.1) is 11.3 Å². The molecule has 0 fully saturated rings. The highest BCUT2D eigenvalue weighted by Crippen LogP contribution is 2.39. The predicted molar refractivity (Wildman–Crippen MR) is 59.5 cm³/mol. The molecule has 4 heteroatoms. The molecule has 0 radical (unpaired) electrons. The van der Waals surface area contributed by atoms with Gasteiger partial charge in [-0.1, -0.05) is 23.2 Å². The first-order valence-corrected chi connectivity index (χ1v) is 5.63. The lowest BCUT2D eigenvalue weighted by Crippen LogP contribution is -1.72. The molecule has 0 amide bonds. The SMILES string of the molecule is Clc1c(Br)cc2ccsc2c1Cl. The van der Waals surface area contributed by atoms with Crippen molar-refractivity contribution in [3.05, 3.63) is 32.0 Å². The van der Waals surface area contributed by atoms with Crippen molar-refractivity contribution in [1.82, 2.24) is 0 Å². The molecule has 1 heterocycles. The number of benzene rings is 1. The summed E-state index contributed by atoms with van der Waals surface area (Å²) >= 11 is 16.9. The molecule has 1 aromatic heterocycles. The minimum atomic E-state index is 0.589. The van der Waals surface area contributed by atoms with Crippen LogP contribution in [0.1, 0.15) is 0 Å². The van der Waals surface area contributed by atoms with Gasteiger partial charge in [0, 0.05) is 4.47 Å². The van der Waals surface area contributed by atoms with Gasteiger partial charge in [-0.3, -0.25) is 0 Å². The standard InChI is InChI=1S/C8H3BrCl2S/c9-5-3-4-1-2-12-8(4)7(11)6(5)10/h1-3H. The molecule has 0 aliphatic rings. The Balaban J connectivity index is 2.94. The Morgan fingerprint density at radius 3 is 2.75 bits per heavy atom. The molecule has 0 bridgehead atoms. The molecular formula is C8H3BrCl2S. The summed E-state index contributed by atoms with van der Waals surface area (Å²) in [6, 6.07) is 3.99. The topological polar surface area (TPSA) is 0 Å². The molecular weight excluding hydrogens is 279 g/mol. The zero-order valence-electron chi connectivity index (χ0n) is 5.77. The molecule has 62 valence electrons. The lowest BCUT2D eigenvalue weighted by atomic mass is 10.3. The highest BCUT2D eigenvalue weighted by Gasteiger charge is 2.08. The summed E-state index contributed by atoms with van der Waals surface area (Å²) in [7, 11) is 0. The maximum absolute atomic E-state index is 6.02. The van der Waals surface area contributed by atoms with Crippen LogP contribution in [0.3, 0.4) is 0 Å². The highest BCUT2D eigenvalue weighted by molar-refractivity contribution is 9.10. The van der Waals surface area contributed by atoms with Crippen LogP contribution in [-0.2, 0) is 0 Å². The van der Waals surface area contributed by atoms with Gasteiger partial charge in [0.1, 0.15) is 0 Å². The molecule has 0 atom stereocenters. The average molecular weight is 282 g/mol. The number of thiophene rings is 1. The fourth-order valence-corrected chi connectivity index (χ4v) is 2.94. The lowest BCUT2D eigenvalue weighted by molar-refractivity contribution is 1.76. The van der Waals surface area contributed by atoms with Crippen molar-refractivity contribution in [3.8, 4) is 0 Å². The van der Waals surface area contributed by atoms with Crippen molar-refractivity contribution in [2.45, 2.75) is 0 Å². The highest BCUT2D eigenvalue weighted by atomic mass is 79.9. The summed E-state index contributed by atoms with van der Waals surface area (Å²) in [5.41, 5.74) is 0. The van der Waals surface area contributed by atoms with Gasteiger partial charge in [0.15, 0.2) is 0 Å². The fraction of sp³-hybridized carbons (Fsp3) is 0. The van der Waals surface area contributed by atoms with Crippen molar-refractivity contribution >= 4 is 60.6 Å². The van der Waals surface area contributed by atoms with Crippen molar-refractivity contribution in [2.24, 2.45) is 0 Å².